The first-order chi connectivity index (χ1) is 11.3. The first-order valence-electron chi connectivity index (χ1n) is 7.86. The van der Waals surface area contributed by atoms with E-state index < -0.39 is 0 Å². The van der Waals surface area contributed by atoms with Crippen molar-refractivity contribution in [2.45, 2.75) is 25.2 Å². The summed E-state index contributed by atoms with van der Waals surface area (Å²) in [5.74, 6) is 0.409. The van der Waals surface area contributed by atoms with Crippen LogP contribution in [0.25, 0.3) is 22.0 Å². The van der Waals surface area contributed by atoms with E-state index in [1.165, 1.54) is 6.42 Å². The van der Waals surface area contributed by atoms with Crippen molar-refractivity contribution in [1.82, 2.24) is 4.98 Å². The molecule has 2 nitrogen and oxygen atoms in total. The van der Waals surface area contributed by atoms with Gasteiger partial charge in [-0.1, -0.05) is 48.4 Å². The Kier molecular flexibility index (Phi) is 3.52. The van der Waals surface area contributed by atoms with Gasteiger partial charge in [0.1, 0.15) is 6.07 Å². The molecule has 2 aromatic carbocycles. The van der Waals surface area contributed by atoms with Crippen molar-refractivity contribution in [3.63, 3.8) is 0 Å². The van der Waals surface area contributed by atoms with Crippen LogP contribution in [0.5, 0.6) is 0 Å². The number of hydrogen-bond acceptors (Lipinski definition) is 2. The zero-order chi connectivity index (χ0) is 15.8. The lowest BCUT2D eigenvalue weighted by Crippen LogP contribution is -2.13. The normalized spacial score (nSPS) is 14.4. The highest BCUT2D eigenvalue weighted by atomic mass is 35.5. The van der Waals surface area contributed by atoms with Gasteiger partial charge in [-0.15, -0.1) is 0 Å². The third-order valence-electron chi connectivity index (χ3n) is 4.64. The van der Waals surface area contributed by atoms with E-state index in [2.05, 4.69) is 6.07 Å². The fraction of sp³-hybridized carbons (Fsp3) is 0.200. The lowest BCUT2D eigenvalue weighted by atomic mass is 9.79. The second kappa shape index (κ2) is 5.68. The first kappa shape index (κ1) is 14.2. The van der Waals surface area contributed by atoms with Gasteiger partial charge in [-0.05, 0) is 36.6 Å². The van der Waals surface area contributed by atoms with Crippen LogP contribution in [0.1, 0.15) is 36.4 Å². The van der Waals surface area contributed by atoms with Crippen LogP contribution in [-0.4, -0.2) is 4.98 Å². The number of nitrogens with zero attached hydrogens (tertiary/aromatic N) is 2. The fourth-order valence-corrected chi connectivity index (χ4v) is 3.42. The summed E-state index contributed by atoms with van der Waals surface area (Å²) in [5.41, 5.74) is 4.57. The van der Waals surface area contributed by atoms with Gasteiger partial charge in [0.05, 0.1) is 16.8 Å². The highest BCUT2D eigenvalue weighted by Gasteiger charge is 2.27. The fourth-order valence-electron chi connectivity index (χ4n) is 3.25. The van der Waals surface area contributed by atoms with Crippen LogP contribution in [0.2, 0.25) is 5.02 Å². The average molecular weight is 319 g/mol. The Morgan fingerprint density at radius 1 is 1.09 bits per heavy atom. The van der Waals surface area contributed by atoms with Crippen LogP contribution >= 0.6 is 11.6 Å². The third-order valence-corrected chi connectivity index (χ3v) is 4.88. The molecule has 23 heavy (non-hydrogen) atoms. The van der Waals surface area contributed by atoms with Crippen LogP contribution in [0.15, 0.2) is 48.5 Å². The van der Waals surface area contributed by atoms with Crippen LogP contribution in [0.3, 0.4) is 0 Å². The Morgan fingerprint density at radius 2 is 1.87 bits per heavy atom. The smallest absolute Gasteiger partial charge is 0.102 e. The van der Waals surface area contributed by atoms with Crippen LogP contribution < -0.4 is 0 Å². The monoisotopic (exact) mass is 318 g/mol. The van der Waals surface area contributed by atoms with Crippen molar-refractivity contribution < 1.29 is 0 Å². The van der Waals surface area contributed by atoms with E-state index >= 15 is 0 Å². The van der Waals surface area contributed by atoms with Crippen molar-refractivity contribution in [3.8, 4) is 17.2 Å². The molecule has 3 heteroatoms. The van der Waals surface area contributed by atoms with Gasteiger partial charge in [0.25, 0.3) is 0 Å². The number of aromatic nitrogens is 1. The van der Waals surface area contributed by atoms with E-state index in [4.69, 9.17) is 16.6 Å². The molecule has 1 fully saturated rings. The summed E-state index contributed by atoms with van der Waals surface area (Å²) in [6, 6.07) is 18.2. The quantitative estimate of drug-likeness (QED) is 0.608. The minimum Gasteiger partial charge on any atom is -0.251 e. The molecule has 0 atom stereocenters. The molecular weight excluding hydrogens is 304 g/mol. The first-order valence-corrected chi connectivity index (χ1v) is 8.24. The largest absolute Gasteiger partial charge is 0.251 e. The SMILES string of the molecule is N#Cc1c(C2CCC2)nc2ccc(Cl)cc2c1-c1ccccc1. The van der Waals surface area contributed by atoms with Crippen molar-refractivity contribution >= 4 is 22.5 Å². The maximum atomic E-state index is 9.83. The minimum absolute atomic E-state index is 0.409. The average Bonchev–Trinajstić information content (AvgIpc) is 2.53. The van der Waals surface area contributed by atoms with E-state index in [1.54, 1.807) is 0 Å². The van der Waals surface area contributed by atoms with Gasteiger partial charge in [-0.2, -0.15) is 5.26 Å². The molecule has 3 aromatic rings. The Bertz CT molecular complexity index is 922. The summed E-state index contributed by atoms with van der Waals surface area (Å²) in [6.07, 6.45) is 3.46. The number of fused-ring (bicyclic) bond motifs is 1. The molecule has 0 saturated heterocycles. The maximum Gasteiger partial charge on any atom is 0.102 e. The Labute approximate surface area is 140 Å². The molecule has 0 aliphatic heterocycles. The molecule has 0 unspecified atom stereocenters. The predicted octanol–water partition coefficient (Wildman–Crippen LogP) is 5.69. The number of rotatable bonds is 2. The van der Waals surface area contributed by atoms with Crippen molar-refractivity contribution in [3.05, 3.63) is 64.8 Å². The Hall–Kier alpha value is -2.37. The molecule has 1 aliphatic rings. The van der Waals surface area contributed by atoms with E-state index in [-0.39, 0.29) is 0 Å². The Morgan fingerprint density at radius 3 is 2.52 bits per heavy atom. The highest BCUT2D eigenvalue weighted by molar-refractivity contribution is 6.31. The predicted molar refractivity (Wildman–Crippen MR) is 93.5 cm³/mol. The van der Waals surface area contributed by atoms with Gasteiger partial charge in [0, 0.05) is 21.9 Å². The number of benzene rings is 2. The summed E-state index contributed by atoms with van der Waals surface area (Å²) >= 11 is 6.20. The van der Waals surface area contributed by atoms with Crippen LogP contribution in [0.4, 0.5) is 0 Å². The zero-order valence-corrected chi connectivity index (χ0v) is 13.3. The Balaban J connectivity index is 2.11. The minimum atomic E-state index is 0.409. The molecule has 1 saturated carbocycles. The standard InChI is InChI=1S/C20H15ClN2/c21-15-9-10-18-16(11-15)19(13-5-2-1-3-6-13)17(12-22)20(23-18)14-7-4-8-14/h1-3,5-6,9-11,14H,4,7-8H2. The maximum absolute atomic E-state index is 9.83. The molecule has 0 amide bonds. The van der Waals surface area contributed by atoms with E-state index in [9.17, 15) is 5.26 Å². The molecule has 0 N–H and O–H groups in total. The lowest BCUT2D eigenvalue weighted by Gasteiger charge is -2.27. The second-order valence-corrected chi connectivity index (χ2v) is 6.45. The summed E-state index contributed by atoms with van der Waals surface area (Å²) < 4.78 is 0. The van der Waals surface area contributed by atoms with Crippen LogP contribution in [0, 0.1) is 11.3 Å². The van der Waals surface area contributed by atoms with Crippen molar-refractivity contribution in [1.29, 1.82) is 5.26 Å². The second-order valence-electron chi connectivity index (χ2n) is 6.01. The summed E-state index contributed by atoms with van der Waals surface area (Å²) in [7, 11) is 0. The van der Waals surface area contributed by atoms with E-state index in [0.29, 0.717) is 16.5 Å². The van der Waals surface area contributed by atoms with Gasteiger partial charge in [-0.3, -0.25) is 4.98 Å². The molecule has 1 aromatic heterocycles. The topological polar surface area (TPSA) is 36.7 Å². The molecule has 1 heterocycles. The third kappa shape index (κ3) is 2.38. The van der Waals surface area contributed by atoms with Gasteiger partial charge >= 0.3 is 0 Å². The molecule has 0 spiro atoms. The van der Waals surface area contributed by atoms with E-state index in [1.807, 2.05) is 48.5 Å². The molecule has 112 valence electrons. The van der Waals surface area contributed by atoms with Gasteiger partial charge in [0.15, 0.2) is 0 Å². The zero-order valence-electron chi connectivity index (χ0n) is 12.6. The summed E-state index contributed by atoms with van der Waals surface area (Å²) in [4.78, 5) is 4.81. The number of nitriles is 1. The summed E-state index contributed by atoms with van der Waals surface area (Å²) in [5, 5.41) is 11.4. The molecule has 4 rings (SSSR count). The van der Waals surface area contributed by atoms with Crippen molar-refractivity contribution in [2.24, 2.45) is 0 Å². The molecule has 0 radical (unpaired) electrons. The molecule has 0 bridgehead atoms. The number of halogens is 1. The van der Waals surface area contributed by atoms with Crippen molar-refractivity contribution in [2.75, 3.05) is 0 Å². The van der Waals surface area contributed by atoms with E-state index in [0.717, 1.165) is 40.6 Å². The van der Waals surface area contributed by atoms with Gasteiger partial charge in [0.2, 0.25) is 0 Å². The lowest BCUT2D eigenvalue weighted by molar-refractivity contribution is 0.411. The highest BCUT2D eigenvalue weighted by Crippen LogP contribution is 2.42. The molecule has 1 aliphatic carbocycles. The van der Waals surface area contributed by atoms with Gasteiger partial charge < -0.3 is 0 Å². The summed E-state index contributed by atoms with van der Waals surface area (Å²) in [6.45, 7) is 0. The van der Waals surface area contributed by atoms with Crippen LogP contribution in [-0.2, 0) is 0 Å². The number of pyridine rings is 1. The molecular formula is C20H15ClN2. The number of hydrogen-bond donors (Lipinski definition) is 0. The van der Waals surface area contributed by atoms with Gasteiger partial charge in [-0.25, -0.2) is 0 Å².